The molecule has 2 heterocycles. The minimum atomic E-state index is -0.841. The Morgan fingerprint density at radius 2 is 1.11 bits per heavy atom. The molecule has 0 bridgehead atoms. The molecule has 0 saturated carbocycles. The molecule has 2 unspecified atom stereocenters. The van der Waals surface area contributed by atoms with Crippen molar-refractivity contribution >= 4 is 11.9 Å². The van der Waals surface area contributed by atoms with Gasteiger partial charge in [-0.2, -0.15) is 0 Å². The molecule has 0 aromatic heterocycles. The molecule has 36 heavy (non-hydrogen) atoms. The maximum atomic E-state index is 13.8. The highest BCUT2D eigenvalue weighted by Crippen LogP contribution is 2.60. The van der Waals surface area contributed by atoms with Gasteiger partial charge in [-0.05, 0) is 90.1 Å². The number of piperidine rings is 2. The first-order valence-electron chi connectivity index (χ1n) is 14.2. The largest absolute Gasteiger partial charge is 0.481 e. The zero-order chi connectivity index (χ0) is 27.7. The molecule has 2 atom stereocenters. The number of hydrogen-bond acceptors (Lipinski definition) is 4. The second-order valence-electron chi connectivity index (χ2n) is 14.9. The molecule has 0 aromatic carbocycles. The molecule has 6 heteroatoms. The van der Waals surface area contributed by atoms with Crippen molar-refractivity contribution in [3.63, 3.8) is 0 Å². The summed E-state index contributed by atoms with van der Waals surface area (Å²) in [5.41, 5.74) is -1.21. The van der Waals surface area contributed by atoms with Crippen molar-refractivity contribution in [1.82, 2.24) is 9.80 Å². The van der Waals surface area contributed by atoms with E-state index in [9.17, 15) is 14.7 Å². The molecular formula is C30H56N2O4. The van der Waals surface area contributed by atoms with Gasteiger partial charge in [0.05, 0.1) is 5.41 Å². The Labute approximate surface area is 221 Å². The number of rotatable bonds is 11. The topological polar surface area (TPSA) is 81.1 Å². The first-order valence-corrected chi connectivity index (χ1v) is 14.2. The maximum absolute atomic E-state index is 13.8. The molecule has 0 radical (unpaired) electrons. The quantitative estimate of drug-likeness (QED) is 0.315. The molecule has 0 amide bonds. The Morgan fingerprint density at radius 1 is 0.722 bits per heavy atom. The summed E-state index contributed by atoms with van der Waals surface area (Å²) < 4.78 is 0. The van der Waals surface area contributed by atoms with Crippen LogP contribution in [0.3, 0.4) is 0 Å². The molecular weight excluding hydrogens is 452 g/mol. The summed E-state index contributed by atoms with van der Waals surface area (Å²) in [5, 5.41) is 20.2. The summed E-state index contributed by atoms with van der Waals surface area (Å²) in [6.07, 6.45) is 7.08. The van der Waals surface area contributed by atoms with Crippen LogP contribution in [-0.4, -0.2) is 70.2 Å². The predicted octanol–water partition coefficient (Wildman–Crippen LogP) is 6.39. The fraction of sp³-hybridized carbons (Fsp3) is 0.933. The van der Waals surface area contributed by atoms with Gasteiger partial charge in [0.1, 0.15) is 0 Å². The molecule has 0 aromatic rings. The van der Waals surface area contributed by atoms with Crippen molar-refractivity contribution < 1.29 is 19.8 Å². The Balaban J connectivity index is 2.52. The summed E-state index contributed by atoms with van der Waals surface area (Å²) in [5.74, 6) is -1.32. The van der Waals surface area contributed by atoms with Crippen LogP contribution in [0.15, 0.2) is 0 Å². The number of carbonyl (C=O) groups is 2. The van der Waals surface area contributed by atoms with E-state index in [0.29, 0.717) is 12.8 Å². The van der Waals surface area contributed by atoms with Crippen molar-refractivity contribution in [2.75, 3.05) is 27.2 Å². The van der Waals surface area contributed by atoms with Crippen molar-refractivity contribution in [2.24, 2.45) is 28.1 Å². The molecule has 210 valence electrons. The van der Waals surface area contributed by atoms with Crippen molar-refractivity contribution in [3.05, 3.63) is 0 Å². The van der Waals surface area contributed by atoms with Gasteiger partial charge >= 0.3 is 11.9 Å². The molecule has 6 nitrogen and oxygen atoms in total. The molecule has 2 saturated heterocycles. The third-order valence-electron chi connectivity index (χ3n) is 10.1. The number of likely N-dealkylation sites (tertiary alicyclic amines) is 2. The highest BCUT2D eigenvalue weighted by atomic mass is 16.4. The third-order valence-corrected chi connectivity index (χ3v) is 10.1. The average Bonchev–Trinajstić information content (AvgIpc) is 2.70. The fourth-order valence-electron chi connectivity index (χ4n) is 7.80. The maximum Gasteiger partial charge on any atom is 0.310 e. The van der Waals surface area contributed by atoms with E-state index in [-0.39, 0.29) is 40.2 Å². The van der Waals surface area contributed by atoms with Crippen LogP contribution in [0.1, 0.15) is 113 Å². The van der Waals surface area contributed by atoms with E-state index in [4.69, 9.17) is 5.11 Å². The molecule has 2 aliphatic rings. The second kappa shape index (κ2) is 10.9. The molecule has 0 spiro atoms. The van der Waals surface area contributed by atoms with Crippen LogP contribution in [0.4, 0.5) is 0 Å². The lowest BCUT2D eigenvalue weighted by Crippen LogP contribution is -2.69. The lowest BCUT2D eigenvalue weighted by Gasteiger charge is -2.64. The van der Waals surface area contributed by atoms with Crippen LogP contribution < -0.4 is 0 Å². The Kier molecular flexibility index (Phi) is 9.43. The summed E-state index contributed by atoms with van der Waals surface area (Å²) in [7, 11) is 4.34. The lowest BCUT2D eigenvalue weighted by atomic mass is 9.47. The third kappa shape index (κ3) is 6.46. The van der Waals surface area contributed by atoms with Crippen molar-refractivity contribution in [3.8, 4) is 0 Å². The molecule has 2 aliphatic heterocycles. The van der Waals surface area contributed by atoms with Gasteiger partial charge in [-0.3, -0.25) is 9.59 Å². The van der Waals surface area contributed by atoms with Gasteiger partial charge in [0.25, 0.3) is 0 Å². The van der Waals surface area contributed by atoms with Crippen LogP contribution >= 0.6 is 0 Å². The van der Waals surface area contributed by atoms with Crippen LogP contribution in [-0.2, 0) is 9.59 Å². The van der Waals surface area contributed by atoms with Gasteiger partial charge in [-0.1, -0.05) is 53.4 Å². The number of hydrogen-bond donors (Lipinski definition) is 2. The van der Waals surface area contributed by atoms with Gasteiger partial charge in [-0.15, -0.1) is 0 Å². The van der Waals surface area contributed by atoms with Crippen LogP contribution in [0.25, 0.3) is 0 Å². The number of aliphatic carboxylic acids is 2. The van der Waals surface area contributed by atoms with Gasteiger partial charge in [0.15, 0.2) is 0 Å². The number of carboxylic acid groups (broad SMARTS) is 2. The lowest BCUT2D eigenvalue weighted by molar-refractivity contribution is -0.192. The van der Waals surface area contributed by atoms with E-state index in [1.807, 2.05) is 0 Å². The number of nitrogens with zero attached hydrogens (tertiary/aromatic N) is 2. The molecule has 2 fully saturated rings. The second-order valence-corrected chi connectivity index (χ2v) is 14.9. The average molecular weight is 509 g/mol. The van der Waals surface area contributed by atoms with Gasteiger partial charge in [0.2, 0.25) is 0 Å². The number of carboxylic acids is 2. The monoisotopic (exact) mass is 508 g/mol. The Hall–Kier alpha value is -1.14. The standard InChI is InChI=1S/C30H56N2O4/c1-26(2)18-22(28(5,6)31(9)20-26)30(25(35)36,17-15-13-11-12-14-16-24(33)34)23-19-27(3,4)21-32(10)29(23,7)8/h22-23H,11-21H2,1-10H3,(H,33,34)(H,35,36). The van der Waals surface area contributed by atoms with E-state index in [1.54, 1.807) is 0 Å². The van der Waals surface area contributed by atoms with E-state index < -0.39 is 17.4 Å². The highest BCUT2D eigenvalue weighted by Gasteiger charge is 2.64. The Morgan fingerprint density at radius 3 is 1.50 bits per heavy atom. The minimum Gasteiger partial charge on any atom is -0.481 e. The first kappa shape index (κ1) is 31.1. The molecule has 2 rings (SSSR count). The highest BCUT2D eigenvalue weighted by molar-refractivity contribution is 5.76. The van der Waals surface area contributed by atoms with E-state index in [0.717, 1.165) is 51.6 Å². The smallest absolute Gasteiger partial charge is 0.310 e. The van der Waals surface area contributed by atoms with Crippen LogP contribution in [0.5, 0.6) is 0 Å². The normalized spacial score (nSPS) is 29.4. The van der Waals surface area contributed by atoms with Gasteiger partial charge in [0, 0.05) is 30.6 Å². The number of unbranched alkanes of at least 4 members (excludes halogenated alkanes) is 4. The molecule has 2 N–H and O–H groups in total. The van der Waals surface area contributed by atoms with Crippen LogP contribution in [0, 0.1) is 28.1 Å². The van der Waals surface area contributed by atoms with Gasteiger partial charge in [-0.25, -0.2) is 0 Å². The SMILES string of the molecule is CN1CC(C)(C)CC(C(CCCCCCCC(=O)O)(C(=O)O)C2CC(C)(C)CN(C)C2(C)C)C1(C)C. The van der Waals surface area contributed by atoms with E-state index in [2.05, 4.69) is 79.3 Å². The minimum absolute atomic E-state index is 0.0230. The summed E-state index contributed by atoms with van der Waals surface area (Å²) >= 11 is 0. The summed E-state index contributed by atoms with van der Waals surface area (Å²) in [6.45, 7) is 20.2. The fourth-order valence-corrected chi connectivity index (χ4v) is 7.80. The van der Waals surface area contributed by atoms with E-state index in [1.165, 1.54) is 0 Å². The van der Waals surface area contributed by atoms with Crippen LogP contribution in [0.2, 0.25) is 0 Å². The zero-order valence-electron chi connectivity index (χ0n) is 25.0. The molecule has 0 aliphatic carbocycles. The van der Waals surface area contributed by atoms with Gasteiger partial charge < -0.3 is 20.0 Å². The van der Waals surface area contributed by atoms with Crippen molar-refractivity contribution in [1.29, 1.82) is 0 Å². The first-order chi connectivity index (χ1) is 16.3. The van der Waals surface area contributed by atoms with E-state index >= 15 is 0 Å². The van der Waals surface area contributed by atoms with Crippen molar-refractivity contribution in [2.45, 2.75) is 124 Å². The zero-order valence-corrected chi connectivity index (χ0v) is 25.0. The predicted molar refractivity (Wildman–Crippen MR) is 147 cm³/mol. The Bertz CT molecular complexity index is 744. The summed E-state index contributed by atoms with van der Waals surface area (Å²) in [6, 6.07) is 0. The summed E-state index contributed by atoms with van der Waals surface area (Å²) in [4.78, 5) is 29.4.